The first-order chi connectivity index (χ1) is 7.81. The Morgan fingerprint density at radius 2 is 1.76 bits per heavy atom. The van der Waals surface area contributed by atoms with Gasteiger partial charge in [-0.05, 0) is 38.0 Å². The molecule has 0 radical (unpaired) electrons. The van der Waals surface area contributed by atoms with Crippen molar-refractivity contribution in [3.8, 4) is 0 Å². The fraction of sp³-hybridized carbons (Fsp3) is 0.500. The molecule has 0 heterocycles. The van der Waals surface area contributed by atoms with Crippen molar-refractivity contribution in [3.05, 3.63) is 34.3 Å². The van der Waals surface area contributed by atoms with Crippen LogP contribution in [-0.4, -0.2) is 15.0 Å². The summed E-state index contributed by atoms with van der Waals surface area (Å²) >= 11 is 3.34. The summed E-state index contributed by atoms with van der Waals surface area (Å²) in [6, 6.07) is 7.36. The van der Waals surface area contributed by atoms with Gasteiger partial charge in [0, 0.05) is 11.0 Å². The molecule has 0 spiro atoms. The SMILES string of the molecule is CCCNS(=O)(=O)C(C)(C)c1ccc(Br)cc1. The Morgan fingerprint density at radius 3 is 2.24 bits per heavy atom. The smallest absolute Gasteiger partial charge is 0.214 e. The second-order valence-corrected chi connectivity index (χ2v) is 7.65. The first kappa shape index (κ1) is 14.7. The van der Waals surface area contributed by atoms with E-state index in [0.717, 1.165) is 16.5 Å². The Kier molecular flexibility index (Phi) is 4.75. The number of sulfonamides is 1. The van der Waals surface area contributed by atoms with Gasteiger partial charge in [-0.25, -0.2) is 13.1 Å². The number of hydrogen-bond acceptors (Lipinski definition) is 2. The Morgan fingerprint density at radius 1 is 1.24 bits per heavy atom. The molecule has 0 amide bonds. The molecule has 1 rings (SSSR count). The summed E-state index contributed by atoms with van der Waals surface area (Å²) in [6.07, 6.45) is 0.787. The summed E-state index contributed by atoms with van der Waals surface area (Å²) in [6.45, 7) is 5.85. The van der Waals surface area contributed by atoms with Gasteiger partial charge in [0.15, 0.2) is 0 Å². The molecule has 5 heteroatoms. The first-order valence-electron chi connectivity index (χ1n) is 5.56. The maximum Gasteiger partial charge on any atom is 0.221 e. The van der Waals surface area contributed by atoms with Crippen LogP contribution in [0.15, 0.2) is 28.7 Å². The van der Waals surface area contributed by atoms with Gasteiger partial charge in [0.1, 0.15) is 4.75 Å². The molecular weight excluding hydrogens is 302 g/mol. The molecule has 0 unspecified atom stereocenters. The lowest BCUT2D eigenvalue weighted by molar-refractivity contribution is 0.539. The van der Waals surface area contributed by atoms with E-state index in [0.29, 0.717) is 6.54 Å². The minimum atomic E-state index is -3.35. The fourth-order valence-electron chi connectivity index (χ4n) is 1.42. The minimum absolute atomic E-state index is 0.474. The molecule has 0 aliphatic carbocycles. The van der Waals surface area contributed by atoms with Crippen LogP contribution in [0.3, 0.4) is 0 Å². The van der Waals surface area contributed by atoms with Gasteiger partial charge in [-0.2, -0.15) is 0 Å². The van der Waals surface area contributed by atoms with E-state index in [1.165, 1.54) is 0 Å². The number of nitrogens with one attached hydrogen (secondary N) is 1. The van der Waals surface area contributed by atoms with Crippen molar-refractivity contribution < 1.29 is 8.42 Å². The third-order valence-electron chi connectivity index (χ3n) is 2.75. The predicted octanol–water partition coefficient (Wildman–Crippen LogP) is 3.01. The summed E-state index contributed by atoms with van der Waals surface area (Å²) in [5.41, 5.74) is 0.782. The minimum Gasteiger partial charge on any atom is -0.214 e. The van der Waals surface area contributed by atoms with Crippen molar-refractivity contribution in [3.63, 3.8) is 0 Å². The van der Waals surface area contributed by atoms with Crippen LogP contribution < -0.4 is 4.72 Å². The highest BCUT2D eigenvalue weighted by atomic mass is 79.9. The van der Waals surface area contributed by atoms with Crippen LogP contribution in [0.25, 0.3) is 0 Å². The Balaban J connectivity index is 3.05. The van der Waals surface area contributed by atoms with Crippen molar-refractivity contribution in [2.75, 3.05) is 6.54 Å². The quantitative estimate of drug-likeness (QED) is 0.906. The van der Waals surface area contributed by atoms with Crippen molar-refractivity contribution >= 4 is 26.0 Å². The van der Waals surface area contributed by atoms with E-state index in [1.54, 1.807) is 13.8 Å². The Labute approximate surface area is 112 Å². The molecule has 0 atom stereocenters. The lowest BCUT2D eigenvalue weighted by atomic mass is 10.0. The number of benzene rings is 1. The van der Waals surface area contributed by atoms with E-state index < -0.39 is 14.8 Å². The zero-order valence-electron chi connectivity index (χ0n) is 10.3. The van der Waals surface area contributed by atoms with Gasteiger partial charge in [-0.1, -0.05) is 35.0 Å². The lowest BCUT2D eigenvalue weighted by Crippen LogP contribution is -2.39. The van der Waals surface area contributed by atoms with Crippen molar-refractivity contribution in [1.29, 1.82) is 0 Å². The third-order valence-corrected chi connectivity index (χ3v) is 5.45. The molecular formula is C12H18BrNO2S. The number of halogens is 1. The average molecular weight is 320 g/mol. The van der Waals surface area contributed by atoms with Crippen LogP contribution in [0.2, 0.25) is 0 Å². The molecule has 0 aromatic heterocycles. The van der Waals surface area contributed by atoms with Crippen molar-refractivity contribution in [2.45, 2.75) is 31.9 Å². The van der Waals surface area contributed by atoms with Crippen LogP contribution in [0.1, 0.15) is 32.8 Å². The molecule has 1 aromatic carbocycles. The van der Waals surface area contributed by atoms with E-state index in [2.05, 4.69) is 20.7 Å². The summed E-state index contributed by atoms with van der Waals surface area (Å²) < 4.78 is 27.0. The van der Waals surface area contributed by atoms with Gasteiger partial charge in [0.2, 0.25) is 10.0 Å². The summed E-state index contributed by atoms with van der Waals surface area (Å²) in [7, 11) is -3.35. The van der Waals surface area contributed by atoms with Crippen LogP contribution in [0, 0.1) is 0 Å². The lowest BCUT2D eigenvalue weighted by Gasteiger charge is -2.25. The molecule has 1 aromatic rings. The highest BCUT2D eigenvalue weighted by molar-refractivity contribution is 9.10. The highest BCUT2D eigenvalue weighted by Crippen LogP contribution is 2.29. The molecule has 0 saturated heterocycles. The van der Waals surface area contributed by atoms with Gasteiger partial charge in [-0.15, -0.1) is 0 Å². The van der Waals surface area contributed by atoms with E-state index in [9.17, 15) is 8.42 Å². The Bertz CT molecular complexity index is 466. The molecule has 0 aliphatic heterocycles. The van der Waals surface area contributed by atoms with Crippen molar-refractivity contribution in [2.24, 2.45) is 0 Å². The van der Waals surface area contributed by atoms with Gasteiger partial charge in [0.25, 0.3) is 0 Å². The number of hydrogen-bond donors (Lipinski definition) is 1. The second kappa shape index (κ2) is 5.50. The molecule has 0 fully saturated rings. The summed E-state index contributed by atoms with van der Waals surface area (Å²) in [4.78, 5) is 0. The maximum absolute atomic E-state index is 12.2. The molecule has 3 nitrogen and oxygen atoms in total. The van der Waals surface area contributed by atoms with Gasteiger partial charge >= 0.3 is 0 Å². The third kappa shape index (κ3) is 3.30. The maximum atomic E-state index is 12.2. The molecule has 96 valence electrons. The molecule has 1 N–H and O–H groups in total. The Hall–Kier alpha value is -0.390. The van der Waals surface area contributed by atoms with Gasteiger partial charge < -0.3 is 0 Å². The normalized spacial score (nSPS) is 12.7. The van der Waals surface area contributed by atoms with Crippen LogP contribution in [-0.2, 0) is 14.8 Å². The number of rotatable bonds is 5. The first-order valence-corrected chi connectivity index (χ1v) is 7.84. The van der Waals surface area contributed by atoms with E-state index in [1.807, 2.05) is 31.2 Å². The van der Waals surface area contributed by atoms with Crippen LogP contribution in [0.5, 0.6) is 0 Å². The van der Waals surface area contributed by atoms with Gasteiger partial charge in [0.05, 0.1) is 0 Å². The zero-order chi connectivity index (χ0) is 13.1. The summed E-state index contributed by atoms with van der Waals surface area (Å²) in [5, 5.41) is 0. The average Bonchev–Trinajstić information content (AvgIpc) is 2.27. The van der Waals surface area contributed by atoms with E-state index >= 15 is 0 Å². The zero-order valence-corrected chi connectivity index (χ0v) is 12.7. The topological polar surface area (TPSA) is 46.2 Å². The summed E-state index contributed by atoms with van der Waals surface area (Å²) in [5.74, 6) is 0. The van der Waals surface area contributed by atoms with Crippen LogP contribution >= 0.6 is 15.9 Å². The molecule has 0 aliphatic rings. The largest absolute Gasteiger partial charge is 0.221 e. The second-order valence-electron chi connectivity index (χ2n) is 4.41. The molecule has 17 heavy (non-hydrogen) atoms. The van der Waals surface area contributed by atoms with Crippen molar-refractivity contribution in [1.82, 2.24) is 4.72 Å². The fourth-order valence-corrected chi connectivity index (χ4v) is 2.97. The molecule has 0 saturated carbocycles. The predicted molar refractivity (Wildman–Crippen MR) is 74.4 cm³/mol. The standard InChI is InChI=1S/C12H18BrNO2S/c1-4-9-14-17(15,16)12(2,3)10-5-7-11(13)8-6-10/h5-8,14H,4,9H2,1-3H3. The van der Waals surface area contributed by atoms with E-state index in [-0.39, 0.29) is 0 Å². The van der Waals surface area contributed by atoms with Gasteiger partial charge in [-0.3, -0.25) is 0 Å². The van der Waals surface area contributed by atoms with E-state index in [4.69, 9.17) is 0 Å². The highest BCUT2D eigenvalue weighted by Gasteiger charge is 2.35. The van der Waals surface area contributed by atoms with Crippen LogP contribution in [0.4, 0.5) is 0 Å². The molecule has 0 bridgehead atoms. The monoisotopic (exact) mass is 319 g/mol.